The Labute approximate surface area is 128 Å². The molecule has 102 valence electrons. The number of anilines is 1. The van der Waals surface area contributed by atoms with E-state index in [0.29, 0.717) is 0 Å². The number of aliphatic imine (C=N–C) groups is 1. The first-order valence-corrected chi connectivity index (χ1v) is 8.39. The fourth-order valence-corrected chi connectivity index (χ4v) is 3.45. The van der Waals surface area contributed by atoms with Crippen LogP contribution in [0.3, 0.4) is 0 Å². The highest BCUT2D eigenvalue weighted by Gasteiger charge is 2.06. The summed E-state index contributed by atoms with van der Waals surface area (Å²) in [6.45, 7) is 3.03. The zero-order valence-electron chi connectivity index (χ0n) is 11.3. The summed E-state index contributed by atoms with van der Waals surface area (Å²) in [5.74, 6) is 1.09. The van der Waals surface area contributed by atoms with Crippen LogP contribution in [0.25, 0.3) is 0 Å². The molecule has 2 aromatic carbocycles. The van der Waals surface area contributed by atoms with Gasteiger partial charge in [-0.2, -0.15) is 0 Å². The number of thioether (sulfide) groups is 1. The normalized spacial score (nSPS) is 14.2. The van der Waals surface area contributed by atoms with Crippen LogP contribution in [-0.2, 0) is 0 Å². The SMILES string of the molecule is Cc1ccc(Sc2ccc(NC3=NCCS3)cc2)cc1. The lowest BCUT2D eigenvalue weighted by Crippen LogP contribution is -2.04. The summed E-state index contributed by atoms with van der Waals surface area (Å²) in [4.78, 5) is 6.91. The van der Waals surface area contributed by atoms with Gasteiger partial charge in [-0.3, -0.25) is 4.99 Å². The summed E-state index contributed by atoms with van der Waals surface area (Å²) >= 11 is 3.56. The molecule has 0 bridgehead atoms. The molecule has 2 aromatic rings. The molecule has 3 rings (SSSR count). The van der Waals surface area contributed by atoms with E-state index < -0.39 is 0 Å². The molecule has 20 heavy (non-hydrogen) atoms. The minimum Gasteiger partial charge on any atom is -0.335 e. The predicted octanol–water partition coefficient (Wildman–Crippen LogP) is 4.66. The molecular weight excluding hydrogens is 284 g/mol. The molecule has 0 atom stereocenters. The van der Waals surface area contributed by atoms with E-state index in [1.54, 1.807) is 23.5 Å². The van der Waals surface area contributed by atoms with Gasteiger partial charge in [0.2, 0.25) is 0 Å². The summed E-state index contributed by atoms with van der Waals surface area (Å²) in [6.07, 6.45) is 0. The molecule has 1 heterocycles. The van der Waals surface area contributed by atoms with Crippen LogP contribution in [0.1, 0.15) is 5.56 Å². The number of hydrogen-bond donors (Lipinski definition) is 1. The highest BCUT2D eigenvalue weighted by Crippen LogP contribution is 2.29. The van der Waals surface area contributed by atoms with E-state index in [1.807, 2.05) is 0 Å². The Bertz CT molecular complexity index is 603. The second kappa shape index (κ2) is 6.37. The third kappa shape index (κ3) is 3.58. The van der Waals surface area contributed by atoms with Crippen molar-refractivity contribution in [1.82, 2.24) is 0 Å². The van der Waals surface area contributed by atoms with Crippen LogP contribution in [0.5, 0.6) is 0 Å². The predicted molar refractivity (Wildman–Crippen MR) is 90.1 cm³/mol. The first kappa shape index (κ1) is 13.6. The third-order valence-electron chi connectivity index (χ3n) is 2.95. The van der Waals surface area contributed by atoms with Crippen molar-refractivity contribution in [2.75, 3.05) is 17.6 Å². The number of aryl methyl sites for hydroxylation is 1. The maximum atomic E-state index is 4.39. The maximum absolute atomic E-state index is 4.39. The Morgan fingerprint density at radius 1 is 1.00 bits per heavy atom. The van der Waals surface area contributed by atoms with Gasteiger partial charge < -0.3 is 5.32 Å². The van der Waals surface area contributed by atoms with Crippen LogP contribution >= 0.6 is 23.5 Å². The summed E-state index contributed by atoms with van der Waals surface area (Å²) in [5.41, 5.74) is 2.40. The van der Waals surface area contributed by atoms with Gasteiger partial charge in [0.25, 0.3) is 0 Å². The van der Waals surface area contributed by atoms with Gasteiger partial charge in [0.05, 0.1) is 6.54 Å². The van der Waals surface area contributed by atoms with Gasteiger partial charge >= 0.3 is 0 Å². The van der Waals surface area contributed by atoms with Crippen molar-refractivity contribution in [2.45, 2.75) is 16.7 Å². The quantitative estimate of drug-likeness (QED) is 0.892. The van der Waals surface area contributed by atoms with Crippen molar-refractivity contribution in [1.29, 1.82) is 0 Å². The molecule has 0 fully saturated rings. The van der Waals surface area contributed by atoms with E-state index in [-0.39, 0.29) is 0 Å². The molecule has 0 unspecified atom stereocenters. The summed E-state index contributed by atoms with van der Waals surface area (Å²) in [7, 11) is 0. The van der Waals surface area contributed by atoms with Crippen molar-refractivity contribution in [2.24, 2.45) is 4.99 Å². The average Bonchev–Trinajstić information content (AvgIpc) is 2.96. The van der Waals surface area contributed by atoms with Gasteiger partial charge in [-0.1, -0.05) is 41.2 Å². The van der Waals surface area contributed by atoms with Crippen LogP contribution in [0.15, 0.2) is 63.3 Å². The Hall–Kier alpha value is -1.39. The molecule has 0 saturated carbocycles. The summed E-state index contributed by atoms with van der Waals surface area (Å²) in [6, 6.07) is 17.1. The molecule has 0 aliphatic carbocycles. The van der Waals surface area contributed by atoms with Crippen LogP contribution in [0.2, 0.25) is 0 Å². The van der Waals surface area contributed by atoms with Gasteiger partial charge in [-0.25, -0.2) is 0 Å². The van der Waals surface area contributed by atoms with Gasteiger partial charge in [0.15, 0.2) is 5.17 Å². The van der Waals surface area contributed by atoms with Gasteiger partial charge in [-0.05, 0) is 43.3 Å². The lowest BCUT2D eigenvalue weighted by atomic mass is 10.2. The zero-order chi connectivity index (χ0) is 13.8. The third-order valence-corrected chi connectivity index (χ3v) is 4.85. The lowest BCUT2D eigenvalue weighted by Gasteiger charge is -2.06. The minimum absolute atomic E-state index is 0.925. The topological polar surface area (TPSA) is 24.4 Å². The minimum atomic E-state index is 0.925. The van der Waals surface area contributed by atoms with Gasteiger partial charge in [-0.15, -0.1) is 0 Å². The smallest absolute Gasteiger partial charge is 0.161 e. The fourth-order valence-electron chi connectivity index (χ4n) is 1.88. The summed E-state index contributed by atoms with van der Waals surface area (Å²) in [5, 5.41) is 4.37. The average molecular weight is 300 g/mol. The van der Waals surface area contributed by atoms with Crippen molar-refractivity contribution >= 4 is 34.4 Å². The second-order valence-corrected chi connectivity index (χ2v) is 6.83. The number of benzene rings is 2. The van der Waals surface area contributed by atoms with Crippen LogP contribution in [0, 0.1) is 6.92 Å². The molecule has 1 aliphatic rings. The second-order valence-electron chi connectivity index (χ2n) is 4.60. The number of nitrogens with zero attached hydrogens (tertiary/aromatic N) is 1. The van der Waals surface area contributed by atoms with Crippen LogP contribution in [-0.4, -0.2) is 17.5 Å². The van der Waals surface area contributed by atoms with Crippen LogP contribution in [0.4, 0.5) is 5.69 Å². The molecule has 2 nitrogen and oxygen atoms in total. The number of amidine groups is 1. The van der Waals surface area contributed by atoms with E-state index in [2.05, 4.69) is 65.8 Å². The number of nitrogens with one attached hydrogen (secondary N) is 1. The first-order chi connectivity index (χ1) is 9.79. The first-order valence-electron chi connectivity index (χ1n) is 6.58. The number of rotatable bonds is 3. The Kier molecular flexibility index (Phi) is 4.33. The number of hydrogen-bond acceptors (Lipinski definition) is 4. The van der Waals surface area contributed by atoms with E-state index in [0.717, 1.165) is 23.2 Å². The van der Waals surface area contributed by atoms with Crippen molar-refractivity contribution in [3.05, 3.63) is 54.1 Å². The van der Waals surface area contributed by atoms with Crippen LogP contribution < -0.4 is 5.32 Å². The van der Waals surface area contributed by atoms with E-state index in [1.165, 1.54) is 15.4 Å². The Morgan fingerprint density at radius 2 is 1.65 bits per heavy atom. The molecule has 1 N–H and O–H groups in total. The van der Waals surface area contributed by atoms with E-state index in [9.17, 15) is 0 Å². The van der Waals surface area contributed by atoms with E-state index in [4.69, 9.17) is 0 Å². The van der Waals surface area contributed by atoms with Gasteiger partial charge in [0, 0.05) is 21.2 Å². The molecule has 0 radical (unpaired) electrons. The standard InChI is InChI=1S/C16H16N2S2/c1-12-2-6-14(7-3-12)20-15-8-4-13(5-9-15)18-16-17-10-11-19-16/h2-9H,10-11H2,1H3,(H,17,18). The molecule has 0 amide bonds. The van der Waals surface area contributed by atoms with Crippen molar-refractivity contribution in [3.8, 4) is 0 Å². The maximum Gasteiger partial charge on any atom is 0.161 e. The lowest BCUT2D eigenvalue weighted by molar-refractivity contribution is 1.17. The molecular formula is C16H16N2S2. The summed E-state index contributed by atoms with van der Waals surface area (Å²) < 4.78 is 0. The van der Waals surface area contributed by atoms with Crippen molar-refractivity contribution in [3.63, 3.8) is 0 Å². The van der Waals surface area contributed by atoms with Gasteiger partial charge in [0.1, 0.15) is 0 Å². The monoisotopic (exact) mass is 300 g/mol. The van der Waals surface area contributed by atoms with E-state index >= 15 is 0 Å². The molecule has 0 aromatic heterocycles. The fraction of sp³-hybridized carbons (Fsp3) is 0.188. The zero-order valence-corrected chi connectivity index (χ0v) is 12.9. The molecule has 1 aliphatic heterocycles. The highest BCUT2D eigenvalue weighted by molar-refractivity contribution is 8.14. The molecule has 0 spiro atoms. The Balaban J connectivity index is 1.65. The van der Waals surface area contributed by atoms with Crippen molar-refractivity contribution < 1.29 is 0 Å². The highest BCUT2D eigenvalue weighted by atomic mass is 32.2. The Morgan fingerprint density at radius 3 is 2.25 bits per heavy atom. The molecule has 0 saturated heterocycles. The largest absolute Gasteiger partial charge is 0.335 e. The molecule has 4 heteroatoms.